The van der Waals surface area contributed by atoms with Crippen LogP contribution in [0.15, 0.2) is 0 Å². The fourth-order valence-electron chi connectivity index (χ4n) is 1.63. The number of ether oxygens (including phenoxy) is 1. The summed E-state index contributed by atoms with van der Waals surface area (Å²) in [5.74, 6) is 2.53. The SMILES string of the molecule is C#CCCC(O)C(CC)(CC)OC. The summed E-state index contributed by atoms with van der Waals surface area (Å²) in [5, 5.41) is 9.87. The van der Waals surface area contributed by atoms with Gasteiger partial charge in [-0.1, -0.05) is 13.8 Å². The summed E-state index contributed by atoms with van der Waals surface area (Å²) in [6.07, 6.45) is 7.53. The average Bonchev–Trinajstić information content (AvgIpc) is 2.18. The number of aliphatic hydroxyl groups is 1. The highest BCUT2D eigenvalue weighted by molar-refractivity contribution is 4.91. The Labute approximate surface area is 81.3 Å². The third-order valence-electron chi connectivity index (χ3n) is 2.77. The molecule has 0 aliphatic rings. The normalized spacial score (nSPS) is 13.8. The minimum Gasteiger partial charge on any atom is -0.390 e. The number of hydrogen-bond donors (Lipinski definition) is 1. The second-order valence-corrected chi connectivity index (χ2v) is 3.23. The van der Waals surface area contributed by atoms with Crippen LogP contribution in [-0.2, 0) is 4.74 Å². The Bertz CT molecular complexity index is 157. The number of aliphatic hydroxyl groups excluding tert-OH is 1. The monoisotopic (exact) mass is 184 g/mol. The zero-order valence-corrected chi connectivity index (χ0v) is 8.84. The van der Waals surface area contributed by atoms with E-state index in [0.717, 1.165) is 12.8 Å². The number of hydrogen-bond acceptors (Lipinski definition) is 2. The summed E-state index contributed by atoms with van der Waals surface area (Å²) >= 11 is 0. The minimum absolute atomic E-state index is 0.406. The third-order valence-corrected chi connectivity index (χ3v) is 2.77. The van der Waals surface area contributed by atoms with Crippen molar-refractivity contribution in [3.05, 3.63) is 0 Å². The maximum Gasteiger partial charge on any atom is 0.0931 e. The molecule has 1 N–H and O–H groups in total. The summed E-state index contributed by atoms with van der Waals surface area (Å²) in [6, 6.07) is 0. The van der Waals surface area contributed by atoms with Gasteiger partial charge in [-0.15, -0.1) is 12.3 Å². The molecule has 0 saturated heterocycles. The Morgan fingerprint density at radius 1 is 1.46 bits per heavy atom. The van der Waals surface area contributed by atoms with Crippen LogP contribution in [0.1, 0.15) is 39.5 Å². The lowest BCUT2D eigenvalue weighted by Gasteiger charge is -2.35. The quantitative estimate of drug-likeness (QED) is 0.639. The third kappa shape index (κ3) is 3.02. The van der Waals surface area contributed by atoms with E-state index in [0.29, 0.717) is 12.8 Å². The minimum atomic E-state index is -0.455. The predicted molar refractivity (Wildman–Crippen MR) is 54.4 cm³/mol. The first-order valence-corrected chi connectivity index (χ1v) is 4.83. The predicted octanol–water partition coefficient (Wildman–Crippen LogP) is 1.97. The number of methoxy groups -OCH3 is 1. The van der Waals surface area contributed by atoms with Crippen LogP contribution in [0.25, 0.3) is 0 Å². The van der Waals surface area contributed by atoms with Gasteiger partial charge < -0.3 is 9.84 Å². The molecule has 0 saturated carbocycles. The number of rotatable bonds is 6. The van der Waals surface area contributed by atoms with Crippen molar-refractivity contribution >= 4 is 0 Å². The molecule has 0 fully saturated rings. The van der Waals surface area contributed by atoms with Crippen LogP contribution < -0.4 is 0 Å². The van der Waals surface area contributed by atoms with Gasteiger partial charge in [0.25, 0.3) is 0 Å². The molecule has 0 aromatic heterocycles. The van der Waals surface area contributed by atoms with Gasteiger partial charge in [-0.25, -0.2) is 0 Å². The first-order valence-electron chi connectivity index (χ1n) is 4.83. The Morgan fingerprint density at radius 2 is 2.00 bits per heavy atom. The Hall–Kier alpha value is -0.520. The maximum atomic E-state index is 9.87. The van der Waals surface area contributed by atoms with Gasteiger partial charge in [-0.05, 0) is 19.3 Å². The molecule has 2 heteroatoms. The van der Waals surface area contributed by atoms with Crippen molar-refractivity contribution in [2.45, 2.75) is 51.2 Å². The van der Waals surface area contributed by atoms with Crippen molar-refractivity contribution in [2.75, 3.05) is 7.11 Å². The van der Waals surface area contributed by atoms with Gasteiger partial charge in [0.15, 0.2) is 0 Å². The molecule has 0 aromatic carbocycles. The second kappa shape index (κ2) is 6.01. The molecule has 0 bridgehead atoms. The van der Waals surface area contributed by atoms with Crippen molar-refractivity contribution in [3.63, 3.8) is 0 Å². The molecule has 0 rings (SSSR count). The molecule has 13 heavy (non-hydrogen) atoms. The van der Waals surface area contributed by atoms with Crippen LogP contribution in [0.3, 0.4) is 0 Å². The molecule has 0 aliphatic heterocycles. The van der Waals surface area contributed by atoms with Crippen LogP contribution in [0.5, 0.6) is 0 Å². The highest BCUT2D eigenvalue weighted by Gasteiger charge is 2.33. The summed E-state index contributed by atoms with van der Waals surface area (Å²) in [4.78, 5) is 0. The van der Waals surface area contributed by atoms with Gasteiger partial charge >= 0.3 is 0 Å². The fourth-order valence-corrected chi connectivity index (χ4v) is 1.63. The van der Waals surface area contributed by atoms with Gasteiger partial charge in [0, 0.05) is 13.5 Å². The first kappa shape index (κ1) is 12.5. The smallest absolute Gasteiger partial charge is 0.0931 e. The zero-order valence-electron chi connectivity index (χ0n) is 8.84. The van der Waals surface area contributed by atoms with Gasteiger partial charge in [-0.3, -0.25) is 0 Å². The van der Waals surface area contributed by atoms with E-state index < -0.39 is 11.7 Å². The van der Waals surface area contributed by atoms with Crippen molar-refractivity contribution < 1.29 is 9.84 Å². The summed E-state index contributed by atoms with van der Waals surface area (Å²) in [6.45, 7) is 4.04. The van der Waals surface area contributed by atoms with E-state index in [1.54, 1.807) is 7.11 Å². The van der Waals surface area contributed by atoms with Gasteiger partial charge in [0.2, 0.25) is 0 Å². The molecule has 1 unspecified atom stereocenters. The van der Waals surface area contributed by atoms with Crippen LogP contribution in [0.2, 0.25) is 0 Å². The van der Waals surface area contributed by atoms with Gasteiger partial charge in [0.05, 0.1) is 11.7 Å². The van der Waals surface area contributed by atoms with E-state index in [4.69, 9.17) is 11.2 Å². The van der Waals surface area contributed by atoms with Crippen molar-refractivity contribution in [3.8, 4) is 12.3 Å². The molecule has 76 valence electrons. The van der Waals surface area contributed by atoms with Crippen molar-refractivity contribution in [1.29, 1.82) is 0 Å². The molecule has 0 aromatic rings. The summed E-state index contributed by atoms with van der Waals surface area (Å²) < 4.78 is 5.38. The topological polar surface area (TPSA) is 29.5 Å². The van der Waals surface area contributed by atoms with Gasteiger partial charge in [0.1, 0.15) is 0 Å². The number of terminal acetylenes is 1. The standard InChI is InChI=1S/C11H20O2/c1-5-8-9-10(12)11(6-2,7-3)13-4/h1,10,12H,6-9H2,2-4H3. The molecule has 2 nitrogen and oxygen atoms in total. The summed E-state index contributed by atoms with van der Waals surface area (Å²) in [7, 11) is 1.64. The molecule has 0 spiro atoms. The van der Waals surface area contributed by atoms with Crippen molar-refractivity contribution in [2.24, 2.45) is 0 Å². The Kier molecular flexibility index (Phi) is 5.77. The van der Waals surface area contributed by atoms with E-state index in [2.05, 4.69) is 5.92 Å². The van der Waals surface area contributed by atoms with Crippen LogP contribution >= 0.6 is 0 Å². The average molecular weight is 184 g/mol. The van der Waals surface area contributed by atoms with E-state index in [1.807, 2.05) is 13.8 Å². The van der Waals surface area contributed by atoms with E-state index in [1.165, 1.54) is 0 Å². The fraction of sp³-hybridized carbons (Fsp3) is 0.818. The van der Waals surface area contributed by atoms with Crippen LogP contribution in [-0.4, -0.2) is 23.9 Å². The first-order chi connectivity index (χ1) is 6.16. The molecule has 0 radical (unpaired) electrons. The molecule has 0 aliphatic carbocycles. The maximum absolute atomic E-state index is 9.87. The molecular formula is C11H20O2. The zero-order chi connectivity index (χ0) is 10.3. The largest absolute Gasteiger partial charge is 0.390 e. The molecule has 1 atom stereocenters. The molecular weight excluding hydrogens is 164 g/mol. The molecule has 0 amide bonds. The lowest BCUT2D eigenvalue weighted by Crippen LogP contribution is -2.43. The highest BCUT2D eigenvalue weighted by atomic mass is 16.5. The van der Waals surface area contributed by atoms with Crippen LogP contribution in [0, 0.1) is 12.3 Å². The van der Waals surface area contributed by atoms with E-state index in [9.17, 15) is 5.11 Å². The Morgan fingerprint density at radius 3 is 2.31 bits per heavy atom. The summed E-state index contributed by atoms with van der Waals surface area (Å²) in [5.41, 5.74) is -0.406. The lowest BCUT2D eigenvalue weighted by molar-refractivity contribution is -0.109. The van der Waals surface area contributed by atoms with E-state index >= 15 is 0 Å². The highest BCUT2D eigenvalue weighted by Crippen LogP contribution is 2.26. The lowest BCUT2D eigenvalue weighted by atomic mass is 9.88. The van der Waals surface area contributed by atoms with Crippen LogP contribution in [0.4, 0.5) is 0 Å². The van der Waals surface area contributed by atoms with E-state index in [-0.39, 0.29) is 0 Å². The van der Waals surface area contributed by atoms with Gasteiger partial charge in [-0.2, -0.15) is 0 Å². The Balaban J connectivity index is 4.27. The molecule has 0 heterocycles. The van der Waals surface area contributed by atoms with Crippen molar-refractivity contribution in [1.82, 2.24) is 0 Å². The second-order valence-electron chi connectivity index (χ2n) is 3.23.